The van der Waals surface area contributed by atoms with Gasteiger partial charge in [0.1, 0.15) is 6.61 Å². The Kier molecular flexibility index (Phi) is 5.02. The van der Waals surface area contributed by atoms with Crippen LogP contribution in [0.2, 0.25) is 0 Å². The number of hydrogen-bond donors (Lipinski definition) is 2. The summed E-state index contributed by atoms with van der Waals surface area (Å²) in [5, 5.41) is 17.2. The number of aromatic nitrogens is 2. The van der Waals surface area contributed by atoms with E-state index >= 15 is 0 Å². The number of benzene rings is 1. The summed E-state index contributed by atoms with van der Waals surface area (Å²) in [5.74, 6) is -0.960. The number of nitrogens with two attached hydrogens (primary N) is 1. The van der Waals surface area contributed by atoms with Crippen LogP contribution < -0.4 is 10.5 Å². The van der Waals surface area contributed by atoms with Crippen LogP contribution in [0.1, 0.15) is 17.4 Å². The molecule has 1 aromatic carbocycles. The molecule has 0 aliphatic carbocycles. The number of rotatable bonds is 4. The maximum Gasteiger partial charge on any atom is 0.360 e. The largest absolute Gasteiger partial charge is 0.489 e. The van der Waals surface area contributed by atoms with Gasteiger partial charge in [0.25, 0.3) is 0 Å². The van der Waals surface area contributed by atoms with Crippen molar-refractivity contribution in [1.29, 1.82) is 0 Å². The van der Waals surface area contributed by atoms with Gasteiger partial charge in [-0.25, -0.2) is 4.79 Å². The van der Waals surface area contributed by atoms with E-state index in [2.05, 4.69) is 10.2 Å². The molecule has 0 saturated heterocycles. The van der Waals surface area contributed by atoms with E-state index in [4.69, 9.17) is 15.6 Å². The van der Waals surface area contributed by atoms with Crippen LogP contribution in [0.5, 0.6) is 5.75 Å². The zero-order valence-electron chi connectivity index (χ0n) is 10.2. The minimum Gasteiger partial charge on any atom is -0.489 e. The first-order valence-electron chi connectivity index (χ1n) is 5.46. The lowest BCUT2D eigenvalue weighted by Gasteiger charge is -2.12. The number of ether oxygens (including phenoxy) is 1. The SMILES string of the molecule is CC(N)COc1c(C(=O)O)nnc2ccccc12.Cl. The average molecular weight is 284 g/mol. The lowest BCUT2D eigenvalue weighted by molar-refractivity contribution is 0.0684. The Morgan fingerprint density at radius 2 is 2.11 bits per heavy atom. The third-order valence-corrected chi connectivity index (χ3v) is 2.31. The molecule has 0 aliphatic heterocycles. The van der Waals surface area contributed by atoms with Gasteiger partial charge in [0.2, 0.25) is 5.69 Å². The van der Waals surface area contributed by atoms with Crippen molar-refractivity contribution in [3.05, 3.63) is 30.0 Å². The number of carbonyl (C=O) groups is 1. The Bertz CT molecular complexity index is 589. The zero-order chi connectivity index (χ0) is 13.1. The lowest BCUT2D eigenvalue weighted by atomic mass is 10.2. The fourth-order valence-electron chi connectivity index (χ4n) is 1.53. The van der Waals surface area contributed by atoms with Crippen molar-refractivity contribution in [2.75, 3.05) is 6.61 Å². The normalized spacial score (nSPS) is 11.7. The maximum absolute atomic E-state index is 11.1. The summed E-state index contributed by atoms with van der Waals surface area (Å²) in [6, 6.07) is 6.87. The number of aromatic carboxylic acids is 1. The van der Waals surface area contributed by atoms with Crippen LogP contribution in [-0.2, 0) is 0 Å². The molecule has 2 rings (SSSR count). The molecule has 0 saturated carbocycles. The number of carboxylic acid groups (broad SMARTS) is 1. The van der Waals surface area contributed by atoms with Crippen molar-refractivity contribution in [2.45, 2.75) is 13.0 Å². The molecule has 0 aliphatic rings. The van der Waals surface area contributed by atoms with Crippen LogP contribution in [0, 0.1) is 0 Å². The highest BCUT2D eigenvalue weighted by Gasteiger charge is 2.18. The Labute approximate surface area is 116 Å². The third-order valence-electron chi connectivity index (χ3n) is 2.31. The Balaban J connectivity index is 0.00000180. The standard InChI is InChI=1S/C12H13N3O3.ClH/c1-7(13)6-18-11-8-4-2-3-5-9(8)14-15-10(11)12(16)17;/h2-5,7H,6,13H2,1H3,(H,16,17);1H. The van der Waals surface area contributed by atoms with Gasteiger partial charge in [-0.3, -0.25) is 0 Å². The highest BCUT2D eigenvalue weighted by atomic mass is 35.5. The molecule has 0 radical (unpaired) electrons. The fourth-order valence-corrected chi connectivity index (χ4v) is 1.53. The van der Waals surface area contributed by atoms with Crippen molar-refractivity contribution in [3.63, 3.8) is 0 Å². The fraction of sp³-hybridized carbons (Fsp3) is 0.250. The number of nitrogens with zero attached hydrogens (tertiary/aromatic N) is 2. The second-order valence-electron chi connectivity index (χ2n) is 3.99. The van der Waals surface area contributed by atoms with E-state index in [1.165, 1.54) is 0 Å². The van der Waals surface area contributed by atoms with Crippen LogP contribution in [0.3, 0.4) is 0 Å². The molecular weight excluding hydrogens is 270 g/mol. The monoisotopic (exact) mass is 283 g/mol. The summed E-state index contributed by atoms with van der Waals surface area (Å²) < 4.78 is 5.46. The van der Waals surface area contributed by atoms with E-state index in [0.717, 1.165) is 0 Å². The van der Waals surface area contributed by atoms with Gasteiger partial charge in [-0.15, -0.1) is 22.6 Å². The topological polar surface area (TPSA) is 98.3 Å². The Morgan fingerprint density at radius 3 is 2.74 bits per heavy atom. The van der Waals surface area contributed by atoms with E-state index in [-0.39, 0.29) is 36.5 Å². The first-order chi connectivity index (χ1) is 8.59. The molecule has 2 aromatic rings. The number of hydrogen-bond acceptors (Lipinski definition) is 5. The molecule has 102 valence electrons. The van der Waals surface area contributed by atoms with Crippen LogP contribution in [-0.4, -0.2) is 33.9 Å². The molecule has 1 aromatic heterocycles. The predicted octanol–water partition coefficient (Wildman–Crippen LogP) is 1.48. The van der Waals surface area contributed by atoms with E-state index in [0.29, 0.717) is 10.9 Å². The summed E-state index contributed by atoms with van der Waals surface area (Å²) in [7, 11) is 0. The average Bonchev–Trinajstić information content (AvgIpc) is 2.35. The summed E-state index contributed by atoms with van der Waals surface area (Å²) in [6.07, 6.45) is 0. The van der Waals surface area contributed by atoms with Crippen molar-refractivity contribution in [2.24, 2.45) is 5.73 Å². The Hall–Kier alpha value is -1.92. The van der Waals surface area contributed by atoms with Crippen molar-refractivity contribution >= 4 is 29.3 Å². The first-order valence-corrected chi connectivity index (χ1v) is 5.46. The van der Waals surface area contributed by atoms with Crippen molar-refractivity contribution in [1.82, 2.24) is 10.2 Å². The quantitative estimate of drug-likeness (QED) is 0.882. The number of halogens is 1. The van der Waals surface area contributed by atoms with Crippen LogP contribution in [0.15, 0.2) is 24.3 Å². The lowest BCUT2D eigenvalue weighted by Crippen LogP contribution is -2.24. The zero-order valence-corrected chi connectivity index (χ0v) is 11.1. The third kappa shape index (κ3) is 3.30. The van der Waals surface area contributed by atoms with Gasteiger partial charge in [-0.2, -0.15) is 0 Å². The molecule has 0 amide bonds. The van der Waals surface area contributed by atoms with Crippen molar-refractivity contribution < 1.29 is 14.6 Å². The summed E-state index contributed by atoms with van der Waals surface area (Å²) in [6.45, 7) is 1.99. The highest BCUT2D eigenvalue weighted by Crippen LogP contribution is 2.26. The molecule has 3 N–H and O–H groups in total. The number of fused-ring (bicyclic) bond motifs is 1. The summed E-state index contributed by atoms with van der Waals surface area (Å²) in [4.78, 5) is 11.1. The highest BCUT2D eigenvalue weighted by molar-refractivity contribution is 5.96. The molecule has 6 nitrogen and oxygen atoms in total. The van der Waals surface area contributed by atoms with E-state index in [9.17, 15) is 4.79 Å². The van der Waals surface area contributed by atoms with E-state index < -0.39 is 5.97 Å². The minimum absolute atomic E-state index is 0. The number of carboxylic acids is 1. The molecular formula is C12H14ClN3O3. The van der Waals surface area contributed by atoms with E-state index in [1.807, 2.05) is 0 Å². The smallest absolute Gasteiger partial charge is 0.360 e. The molecule has 1 atom stereocenters. The molecule has 0 spiro atoms. The molecule has 1 unspecified atom stereocenters. The van der Waals surface area contributed by atoms with Gasteiger partial charge in [0, 0.05) is 11.4 Å². The first kappa shape index (κ1) is 15.1. The second kappa shape index (κ2) is 6.31. The molecule has 19 heavy (non-hydrogen) atoms. The summed E-state index contributed by atoms with van der Waals surface area (Å²) >= 11 is 0. The minimum atomic E-state index is -1.17. The predicted molar refractivity (Wildman–Crippen MR) is 72.9 cm³/mol. The van der Waals surface area contributed by atoms with Crippen LogP contribution in [0.4, 0.5) is 0 Å². The van der Waals surface area contributed by atoms with Gasteiger partial charge >= 0.3 is 5.97 Å². The molecule has 0 fully saturated rings. The van der Waals surface area contributed by atoms with Gasteiger partial charge in [-0.1, -0.05) is 12.1 Å². The molecule has 1 heterocycles. The Morgan fingerprint density at radius 1 is 1.42 bits per heavy atom. The van der Waals surface area contributed by atoms with Crippen LogP contribution >= 0.6 is 12.4 Å². The maximum atomic E-state index is 11.1. The van der Waals surface area contributed by atoms with E-state index in [1.54, 1.807) is 31.2 Å². The van der Waals surface area contributed by atoms with Gasteiger partial charge in [0.05, 0.1) is 5.52 Å². The van der Waals surface area contributed by atoms with Gasteiger partial charge in [0.15, 0.2) is 5.75 Å². The molecule has 0 bridgehead atoms. The van der Waals surface area contributed by atoms with Gasteiger partial charge < -0.3 is 15.6 Å². The van der Waals surface area contributed by atoms with Gasteiger partial charge in [-0.05, 0) is 19.1 Å². The van der Waals surface area contributed by atoms with Crippen LogP contribution in [0.25, 0.3) is 10.9 Å². The summed E-state index contributed by atoms with van der Waals surface area (Å²) in [5.41, 5.74) is 5.99. The van der Waals surface area contributed by atoms with Crippen molar-refractivity contribution in [3.8, 4) is 5.75 Å². The second-order valence-corrected chi connectivity index (χ2v) is 3.99. The molecule has 7 heteroatoms.